The van der Waals surface area contributed by atoms with Gasteiger partial charge in [0.05, 0.1) is 11.4 Å². The van der Waals surface area contributed by atoms with Crippen LogP contribution in [-0.4, -0.2) is 31.1 Å². The zero-order chi connectivity index (χ0) is 11.4. The summed E-state index contributed by atoms with van der Waals surface area (Å²) in [7, 11) is 0. The highest BCUT2D eigenvalue weighted by Crippen LogP contribution is 2.22. The molecule has 0 unspecified atom stereocenters. The Morgan fingerprint density at radius 3 is 2.75 bits per heavy atom. The third kappa shape index (κ3) is 3.12. The lowest BCUT2D eigenvalue weighted by Crippen LogP contribution is -2.26. The van der Waals surface area contributed by atoms with Crippen molar-refractivity contribution in [3.05, 3.63) is 22.7 Å². The number of hydrogen-bond donors (Lipinski definition) is 2. The topological polar surface area (TPSA) is 41.3 Å². The molecular weight excluding hydrogens is 266 g/mol. The molecule has 0 spiro atoms. The summed E-state index contributed by atoms with van der Waals surface area (Å²) in [5.74, 6) is 0. The summed E-state index contributed by atoms with van der Waals surface area (Å²) in [6.07, 6.45) is 2.70. The van der Waals surface area contributed by atoms with Crippen LogP contribution < -0.4 is 11.1 Å². The van der Waals surface area contributed by atoms with Gasteiger partial charge in [-0.05, 0) is 44.1 Å². The minimum Gasteiger partial charge on any atom is -0.397 e. The number of rotatable bonds is 4. The first-order valence-corrected chi connectivity index (χ1v) is 6.56. The van der Waals surface area contributed by atoms with Crippen molar-refractivity contribution in [3.8, 4) is 0 Å². The standard InChI is InChI=1S/C12H18BrN3/c13-10-3-4-12(11(14)9-10)15-5-8-16-6-1-2-7-16/h3-4,9,15H,1-2,5-8,14H2. The number of hydrogen-bond acceptors (Lipinski definition) is 3. The van der Waals surface area contributed by atoms with Crippen LogP contribution in [0.3, 0.4) is 0 Å². The van der Waals surface area contributed by atoms with E-state index in [1.165, 1.54) is 25.9 Å². The SMILES string of the molecule is Nc1cc(Br)ccc1NCCN1CCCC1. The molecule has 0 bridgehead atoms. The Morgan fingerprint density at radius 2 is 2.06 bits per heavy atom. The minimum absolute atomic E-state index is 0.802. The van der Waals surface area contributed by atoms with Crippen LogP contribution in [0, 0.1) is 0 Å². The first-order valence-electron chi connectivity index (χ1n) is 5.77. The van der Waals surface area contributed by atoms with E-state index >= 15 is 0 Å². The molecule has 0 radical (unpaired) electrons. The monoisotopic (exact) mass is 283 g/mol. The highest BCUT2D eigenvalue weighted by atomic mass is 79.9. The van der Waals surface area contributed by atoms with Gasteiger partial charge in [-0.25, -0.2) is 0 Å². The van der Waals surface area contributed by atoms with Crippen molar-refractivity contribution in [1.82, 2.24) is 4.90 Å². The number of likely N-dealkylation sites (tertiary alicyclic amines) is 1. The van der Waals surface area contributed by atoms with E-state index < -0.39 is 0 Å². The lowest BCUT2D eigenvalue weighted by Gasteiger charge is -2.16. The van der Waals surface area contributed by atoms with Crippen molar-refractivity contribution in [2.45, 2.75) is 12.8 Å². The highest BCUT2D eigenvalue weighted by Gasteiger charge is 2.10. The number of nitrogens with zero attached hydrogens (tertiary/aromatic N) is 1. The van der Waals surface area contributed by atoms with Crippen LogP contribution in [0.5, 0.6) is 0 Å². The van der Waals surface area contributed by atoms with Gasteiger partial charge in [-0.3, -0.25) is 0 Å². The van der Waals surface area contributed by atoms with Crippen molar-refractivity contribution in [3.63, 3.8) is 0 Å². The van der Waals surface area contributed by atoms with Gasteiger partial charge in [0.25, 0.3) is 0 Å². The second-order valence-electron chi connectivity index (χ2n) is 4.21. The Kier molecular flexibility index (Phi) is 4.07. The van der Waals surface area contributed by atoms with E-state index in [0.717, 1.165) is 28.9 Å². The van der Waals surface area contributed by atoms with Gasteiger partial charge in [0, 0.05) is 17.6 Å². The van der Waals surface area contributed by atoms with E-state index in [9.17, 15) is 0 Å². The lowest BCUT2D eigenvalue weighted by atomic mass is 10.2. The summed E-state index contributed by atoms with van der Waals surface area (Å²) in [4.78, 5) is 2.49. The predicted octanol–water partition coefficient (Wildman–Crippen LogP) is 2.54. The number of nitrogens with one attached hydrogen (secondary N) is 1. The van der Waals surface area contributed by atoms with E-state index in [0.29, 0.717) is 0 Å². The predicted molar refractivity (Wildman–Crippen MR) is 72.7 cm³/mol. The molecule has 1 heterocycles. The number of anilines is 2. The molecule has 0 atom stereocenters. The molecule has 4 heteroatoms. The Balaban J connectivity index is 1.80. The summed E-state index contributed by atoms with van der Waals surface area (Å²) in [6, 6.07) is 5.95. The highest BCUT2D eigenvalue weighted by molar-refractivity contribution is 9.10. The molecule has 3 N–H and O–H groups in total. The van der Waals surface area contributed by atoms with E-state index in [-0.39, 0.29) is 0 Å². The zero-order valence-corrected chi connectivity index (χ0v) is 11.0. The molecule has 1 aromatic carbocycles. The molecule has 1 aliphatic rings. The molecule has 88 valence electrons. The zero-order valence-electron chi connectivity index (χ0n) is 9.38. The van der Waals surface area contributed by atoms with Gasteiger partial charge in [0.1, 0.15) is 0 Å². The first-order chi connectivity index (χ1) is 7.75. The largest absolute Gasteiger partial charge is 0.397 e. The fourth-order valence-corrected chi connectivity index (χ4v) is 2.43. The maximum Gasteiger partial charge on any atom is 0.0575 e. The lowest BCUT2D eigenvalue weighted by molar-refractivity contribution is 0.353. The van der Waals surface area contributed by atoms with Crippen molar-refractivity contribution in [1.29, 1.82) is 0 Å². The van der Waals surface area contributed by atoms with Crippen molar-refractivity contribution < 1.29 is 0 Å². The van der Waals surface area contributed by atoms with Gasteiger partial charge in [-0.2, -0.15) is 0 Å². The van der Waals surface area contributed by atoms with Crippen molar-refractivity contribution in [2.24, 2.45) is 0 Å². The van der Waals surface area contributed by atoms with Gasteiger partial charge in [-0.15, -0.1) is 0 Å². The Morgan fingerprint density at radius 1 is 1.31 bits per heavy atom. The van der Waals surface area contributed by atoms with Gasteiger partial charge < -0.3 is 16.0 Å². The average Bonchev–Trinajstić information content (AvgIpc) is 2.74. The van der Waals surface area contributed by atoms with E-state index in [4.69, 9.17) is 5.73 Å². The van der Waals surface area contributed by atoms with Crippen LogP contribution in [0.1, 0.15) is 12.8 Å². The Bertz CT molecular complexity index is 348. The van der Waals surface area contributed by atoms with E-state index in [1.54, 1.807) is 0 Å². The summed E-state index contributed by atoms with van der Waals surface area (Å²) >= 11 is 3.40. The molecule has 1 aliphatic heterocycles. The van der Waals surface area contributed by atoms with Gasteiger partial charge in [-0.1, -0.05) is 15.9 Å². The molecule has 1 saturated heterocycles. The number of nitrogens with two attached hydrogens (primary N) is 1. The number of halogens is 1. The molecular formula is C12H18BrN3. The van der Waals surface area contributed by atoms with Crippen LogP contribution in [0.15, 0.2) is 22.7 Å². The molecule has 0 aromatic heterocycles. The van der Waals surface area contributed by atoms with Gasteiger partial charge in [0.2, 0.25) is 0 Å². The normalized spacial score (nSPS) is 16.6. The average molecular weight is 284 g/mol. The van der Waals surface area contributed by atoms with Crippen LogP contribution >= 0.6 is 15.9 Å². The van der Waals surface area contributed by atoms with E-state index in [2.05, 4.69) is 26.1 Å². The van der Waals surface area contributed by atoms with Gasteiger partial charge >= 0.3 is 0 Å². The Labute approximate surface area is 105 Å². The molecule has 1 fully saturated rings. The van der Waals surface area contributed by atoms with Crippen LogP contribution in [0.25, 0.3) is 0 Å². The first kappa shape index (κ1) is 11.7. The molecule has 2 rings (SSSR count). The summed E-state index contributed by atoms with van der Waals surface area (Å²) in [5, 5.41) is 3.38. The second kappa shape index (κ2) is 5.55. The third-order valence-electron chi connectivity index (χ3n) is 2.96. The quantitative estimate of drug-likeness (QED) is 0.835. The van der Waals surface area contributed by atoms with Crippen molar-refractivity contribution in [2.75, 3.05) is 37.2 Å². The molecule has 0 amide bonds. The maximum atomic E-state index is 5.91. The van der Waals surface area contributed by atoms with Crippen LogP contribution in [0.4, 0.5) is 11.4 Å². The summed E-state index contributed by atoms with van der Waals surface area (Å²) in [6.45, 7) is 4.57. The van der Waals surface area contributed by atoms with Crippen molar-refractivity contribution >= 4 is 27.3 Å². The number of benzene rings is 1. The smallest absolute Gasteiger partial charge is 0.0575 e. The summed E-state index contributed by atoms with van der Waals surface area (Å²) < 4.78 is 1.02. The number of nitrogen functional groups attached to an aromatic ring is 1. The molecule has 0 saturated carbocycles. The Hall–Kier alpha value is -0.740. The molecule has 1 aromatic rings. The van der Waals surface area contributed by atoms with E-state index in [1.807, 2.05) is 18.2 Å². The summed E-state index contributed by atoms with van der Waals surface area (Å²) in [5.41, 5.74) is 7.74. The van der Waals surface area contributed by atoms with Crippen LogP contribution in [0.2, 0.25) is 0 Å². The fraction of sp³-hybridized carbons (Fsp3) is 0.500. The maximum absolute atomic E-state index is 5.91. The third-order valence-corrected chi connectivity index (χ3v) is 3.45. The second-order valence-corrected chi connectivity index (χ2v) is 5.12. The minimum atomic E-state index is 0.802. The molecule has 0 aliphatic carbocycles. The fourth-order valence-electron chi connectivity index (χ4n) is 2.05. The molecule has 16 heavy (non-hydrogen) atoms. The van der Waals surface area contributed by atoms with Gasteiger partial charge in [0.15, 0.2) is 0 Å². The van der Waals surface area contributed by atoms with Crippen LogP contribution in [-0.2, 0) is 0 Å². The molecule has 3 nitrogen and oxygen atoms in total.